The zero-order valence-corrected chi connectivity index (χ0v) is 14.5. The van der Waals surface area contributed by atoms with Gasteiger partial charge in [-0.15, -0.1) is 0 Å². The van der Waals surface area contributed by atoms with E-state index in [-0.39, 0.29) is 6.42 Å². The Balaban J connectivity index is 1.51. The molecule has 3 rings (SSSR count). The van der Waals surface area contributed by atoms with Crippen molar-refractivity contribution in [3.05, 3.63) is 60.3 Å². The maximum atomic E-state index is 12.1. The summed E-state index contributed by atoms with van der Waals surface area (Å²) in [7, 11) is 0. The number of benzene rings is 2. The summed E-state index contributed by atoms with van der Waals surface area (Å²) in [6.45, 7) is 1.38. The number of rotatable bonds is 5. The molecule has 1 aromatic heterocycles. The summed E-state index contributed by atoms with van der Waals surface area (Å²) in [6, 6.07) is 15.0. The first kappa shape index (κ1) is 18.1. The molecule has 0 fully saturated rings. The van der Waals surface area contributed by atoms with E-state index in [1.165, 1.54) is 6.92 Å². The van der Waals surface area contributed by atoms with Gasteiger partial charge in [0.1, 0.15) is 5.69 Å². The number of urea groups is 1. The summed E-state index contributed by atoms with van der Waals surface area (Å²) in [6.07, 6.45) is -1.29. The molecule has 3 aromatic rings. The summed E-state index contributed by atoms with van der Waals surface area (Å²) in [5.41, 5.74) is 1.51. The third-order valence-electron chi connectivity index (χ3n) is 3.71. The summed E-state index contributed by atoms with van der Waals surface area (Å²) < 4.78 is 10.2. The van der Waals surface area contributed by atoms with Gasteiger partial charge < -0.3 is 14.6 Å². The molecular formula is C19H17N3O5. The minimum atomic E-state index is -1.14. The molecule has 0 aliphatic rings. The van der Waals surface area contributed by atoms with E-state index in [0.717, 1.165) is 0 Å². The fourth-order valence-corrected chi connectivity index (χ4v) is 2.39. The topological polar surface area (TPSA) is 111 Å². The number of amides is 3. The van der Waals surface area contributed by atoms with Crippen LogP contribution >= 0.6 is 0 Å². The molecule has 2 N–H and O–H groups in total. The van der Waals surface area contributed by atoms with E-state index in [1.807, 2.05) is 0 Å². The van der Waals surface area contributed by atoms with Crippen LogP contribution < -0.4 is 10.6 Å². The number of anilines is 1. The van der Waals surface area contributed by atoms with Crippen molar-refractivity contribution in [2.75, 3.05) is 5.32 Å². The van der Waals surface area contributed by atoms with Crippen molar-refractivity contribution >= 4 is 34.6 Å². The normalized spacial score (nSPS) is 11.6. The maximum Gasteiger partial charge on any atom is 0.325 e. The Hall–Kier alpha value is -3.68. The second-order valence-corrected chi connectivity index (χ2v) is 5.74. The van der Waals surface area contributed by atoms with Crippen molar-refractivity contribution in [1.29, 1.82) is 0 Å². The van der Waals surface area contributed by atoms with Crippen LogP contribution in [0.4, 0.5) is 10.5 Å². The zero-order chi connectivity index (χ0) is 19.2. The Morgan fingerprint density at radius 1 is 1.07 bits per heavy atom. The largest absolute Gasteiger partial charge is 0.452 e. The molecule has 0 radical (unpaired) electrons. The number of ether oxygens (including phenoxy) is 1. The molecule has 0 spiro atoms. The van der Waals surface area contributed by atoms with E-state index in [2.05, 4.69) is 15.8 Å². The van der Waals surface area contributed by atoms with Crippen LogP contribution in [-0.2, 0) is 20.7 Å². The van der Waals surface area contributed by atoms with Gasteiger partial charge in [-0.25, -0.2) is 4.79 Å². The van der Waals surface area contributed by atoms with Gasteiger partial charge in [0.15, 0.2) is 11.7 Å². The molecule has 0 aliphatic carbocycles. The molecule has 8 nitrogen and oxygen atoms in total. The highest BCUT2D eigenvalue weighted by Gasteiger charge is 2.21. The molecule has 27 heavy (non-hydrogen) atoms. The summed E-state index contributed by atoms with van der Waals surface area (Å²) in [5.74, 6) is -1.39. The molecule has 0 saturated heterocycles. The Bertz CT molecular complexity index is 968. The van der Waals surface area contributed by atoms with Gasteiger partial charge in [-0.1, -0.05) is 35.5 Å². The quantitative estimate of drug-likeness (QED) is 0.671. The summed E-state index contributed by atoms with van der Waals surface area (Å²) in [4.78, 5) is 35.9. The second-order valence-electron chi connectivity index (χ2n) is 5.74. The lowest BCUT2D eigenvalue weighted by molar-refractivity contribution is -0.153. The lowest BCUT2D eigenvalue weighted by atomic mass is 10.2. The molecule has 0 bridgehead atoms. The van der Waals surface area contributed by atoms with E-state index in [0.29, 0.717) is 22.4 Å². The predicted octanol–water partition coefficient (Wildman–Crippen LogP) is 2.65. The van der Waals surface area contributed by atoms with Crippen LogP contribution in [0.25, 0.3) is 11.0 Å². The number of hydrogen-bond donors (Lipinski definition) is 2. The molecular weight excluding hydrogens is 350 g/mol. The number of fused-ring (bicyclic) bond motifs is 1. The van der Waals surface area contributed by atoms with Crippen LogP contribution in [-0.4, -0.2) is 29.2 Å². The molecule has 3 amide bonds. The average molecular weight is 367 g/mol. The van der Waals surface area contributed by atoms with Crippen molar-refractivity contribution in [2.45, 2.75) is 19.4 Å². The van der Waals surface area contributed by atoms with Gasteiger partial charge >= 0.3 is 12.0 Å². The first-order chi connectivity index (χ1) is 13.0. The van der Waals surface area contributed by atoms with Gasteiger partial charge in [0.25, 0.3) is 5.91 Å². The lowest BCUT2D eigenvalue weighted by Crippen LogP contribution is -2.41. The highest BCUT2D eigenvalue weighted by Crippen LogP contribution is 2.18. The first-order valence-electron chi connectivity index (χ1n) is 8.22. The number of carbonyl (C=O) groups excluding carboxylic acids is 3. The number of imide groups is 1. The van der Waals surface area contributed by atoms with Crippen molar-refractivity contribution in [3.63, 3.8) is 0 Å². The number of nitrogens with zero attached hydrogens (tertiary/aromatic N) is 1. The first-order valence-corrected chi connectivity index (χ1v) is 8.22. The zero-order valence-electron chi connectivity index (χ0n) is 14.5. The Morgan fingerprint density at radius 2 is 1.78 bits per heavy atom. The third kappa shape index (κ3) is 4.69. The molecule has 8 heteroatoms. The fraction of sp³-hybridized carbons (Fsp3) is 0.158. The van der Waals surface area contributed by atoms with Crippen LogP contribution in [0.1, 0.15) is 12.6 Å². The van der Waals surface area contributed by atoms with Gasteiger partial charge in [-0.05, 0) is 31.2 Å². The highest BCUT2D eigenvalue weighted by molar-refractivity contribution is 6.02. The Kier molecular flexibility index (Phi) is 5.46. The monoisotopic (exact) mass is 367 g/mol. The molecule has 1 atom stereocenters. The maximum absolute atomic E-state index is 12.1. The smallest absolute Gasteiger partial charge is 0.325 e. The number of hydrogen-bond acceptors (Lipinski definition) is 6. The van der Waals surface area contributed by atoms with Gasteiger partial charge in [0, 0.05) is 11.1 Å². The number of esters is 1. The van der Waals surface area contributed by atoms with Crippen LogP contribution in [0.3, 0.4) is 0 Å². The molecule has 0 aliphatic heterocycles. The predicted molar refractivity (Wildman–Crippen MR) is 96.9 cm³/mol. The number of aromatic nitrogens is 1. The van der Waals surface area contributed by atoms with Gasteiger partial charge in [-0.3, -0.25) is 14.9 Å². The van der Waals surface area contributed by atoms with Crippen LogP contribution in [0.15, 0.2) is 59.1 Å². The standard InChI is InChI=1S/C19H17N3O5/c1-12(18(24)21-19(25)20-13-7-3-2-4-8-13)26-17(23)11-15-14-9-5-6-10-16(14)27-22-15/h2-10,12H,11H2,1H3,(H2,20,21,24,25). The summed E-state index contributed by atoms with van der Waals surface area (Å²) >= 11 is 0. The number of para-hydroxylation sites is 2. The van der Waals surface area contributed by atoms with Crippen molar-refractivity contribution < 1.29 is 23.6 Å². The third-order valence-corrected chi connectivity index (χ3v) is 3.71. The lowest BCUT2D eigenvalue weighted by Gasteiger charge is -2.13. The van der Waals surface area contributed by atoms with Gasteiger partial charge in [-0.2, -0.15) is 0 Å². The minimum Gasteiger partial charge on any atom is -0.452 e. The van der Waals surface area contributed by atoms with Gasteiger partial charge in [0.05, 0.1) is 6.42 Å². The summed E-state index contributed by atoms with van der Waals surface area (Å²) in [5, 5.41) is 9.17. The van der Waals surface area contributed by atoms with Crippen LogP contribution in [0.5, 0.6) is 0 Å². The van der Waals surface area contributed by atoms with Crippen LogP contribution in [0, 0.1) is 0 Å². The van der Waals surface area contributed by atoms with E-state index in [4.69, 9.17) is 9.26 Å². The number of carbonyl (C=O) groups is 3. The molecule has 138 valence electrons. The Labute approximate surface area is 154 Å². The highest BCUT2D eigenvalue weighted by atomic mass is 16.5. The van der Waals surface area contributed by atoms with Gasteiger partial charge in [0.2, 0.25) is 0 Å². The van der Waals surface area contributed by atoms with E-state index in [1.54, 1.807) is 54.6 Å². The minimum absolute atomic E-state index is 0.148. The van der Waals surface area contributed by atoms with Crippen molar-refractivity contribution in [3.8, 4) is 0 Å². The van der Waals surface area contributed by atoms with E-state index < -0.39 is 24.0 Å². The van der Waals surface area contributed by atoms with Crippen molar-refractivity contribution in [1.82, 2.24) is 10.5 Å². The molecule has 1 heterocycles. The molecule has 0 saturated carbocycles. The van der Waals surface area contributed by atoms with E-state index >= 15 is 0 Å². The number of nitrogens with one attached hydrogen (secondary N) is 2. The SMILES string of the molecule is CC(OC(=O)Cc1noc2ccccc12)C(=O)NC(=O)Nc1ccccc1. The average Bonchev–Trinajstić information content (AvgIpc) is 3.05. The fourth-order valence-electron chi connectivity index (χ4n) is 2.39. The van der Waals surface area contributed by atoms with E-state index in [9.17, 15) is 14.4 Å². The Morgan fingerprint density at radius 3 is 2.56 bits per heavy atom. The van der Waals surface area contributed by atoms with Crippen molar-refractivity contribution in [2.24, 2.45) is 0 Å². The second kappa shape index (κ2) is 8.13. The van der Waals surface area contributed by atoms with Crippen LogP contribution in [0.2, 0.25) is 0 Å². The molecule has 2 aromatic carbocycles. The molecule has 1 unspecified atom stereocenters.